The lowest BCUT2D eigenvalue weighted by atomic mass is 10.0. The van der Waals surface area contributed by atoms with Crippen LogP contribution in [0.15, 0.2) is 71.6 Å². The Morgan fingerprint density at radius 1 is 1.13 bits per heavy atom. The maximum absolute atomic E-state index is 13.9. The summed E-state index contributed by atoms with van der Waals surface area (Å²) in [6.45, 7) is 0. The number of rotatable bonds is 6. The first kappa shape index (κ1) is 19.3. The number of carbonyl (C=O) groups excluding carboxylic acids is 1. The van der Waals surface area contributed by atoms with E-state index in [4.69, 9.17) is 9.26 Å². The van der Waals surface area contributed by atoms with Crippen LogP contribution >= 0.6 is 0 Å². The second-order valence-electron chi connectivity index (χ2n) is 6.37. The molecule has 30 heavy (non-hydrogen) atoms. The summed E-state index contributed by atoms with van der Waals surface area (Å²) in [5.74, 6) is -0.0573. The van der Waals surface area contributed by atoms with Crippen LogP contribution in [0.3, 0.4) is 0 Å². The minimum Gasteiger partial charge on any atom is -0.497 e. The molecule has 0 unspecified atom stereocenters. The molecule has 0 aliphatic rings. The van der Waals surface area contributed by atoms with Crippen LogP contribution in [0.4, 0.5) is 10.3 Å². The third kappa shape index (κ3) is 4.02. The molecule has 0 radical (unpaired) electrons. The van der Waals surface area contributed by atoms with Gasteiger partial charge in [0.25, 0.3) is 0 Å². The summed E-state index contributed by atoms with van der Waals surface area (Å²) < 4.78 is 24.5. The molecular weight excluding hydrogens is 387 g/mol. The Labute approximate surface area is 171 Å². The topological polar surface area (TPSA) is 90.1 Å². The summed E-state index contributed by atoms with van der Waals surface area (Å²) in [6.07, 6.45) is 2.83. The average Bonchev–Trinajstić information content (AvgIpc) is 3.19. The molecule has 0 atom stereocenters. The lowest BCUT2D eigenvalue weighted by molar-refractivity contribution is -0.115. The van der Waals surface area contributed by atoms with Gasteiger partial charge in [0.05, 0.1) is 24.8 Å². The zero-order valence-electron chi connectivity index (χ0n) is 16.0. The zero-order chi connectivity index (χ0) is 20.9. The molecule has 150 valence electrons. The van der Waals surface area contributed by atoms with Gasteiger partial charge >= 0.3 is 0 Å². The average molecular weight is 404 g/mol. The smallest absolute Gasteiger partial charge is 0.241 e. The van der Waals surface area contributed by atoms with E-state index in [0.717, 1.165) is 5.56 Å². The molecule has 0 spiro atoms. The van der Waals surface area contributed by atoms with Crippen LogP contribution in [0.25, 0.3) is 22.5 Å². The van der Waals surface area contributed by atoms with Crippen molar-refractivity contribution in [2.45, 2.75) is 6.42 Å². The van der Waals surface area contributed by atoms with E-state index in [1.165, 1.54) is 12.4 Å². The normalized spacial score (nSPS) is 10.6. The van der Waals surface area contributed by atoms with Gasteiger partial charge in [-0.1, -0.05) is 23.4 Å². The molecule has 1 amide bonds. The first-order valence-corrected chi connectivity index (χ1v) is 9.09. The van der Waals surface area contributed by atoms with Gasteiger partial charge < -0.3 is 9.26 Å². The molecular formula is C22H17FN4O3. The number of nitrogens with zero attached hydrogens (tertiary/aromatic N) is 3. The Balaban J connectivity index is 1.68. The van der Waals surface area contributed by atoms with Crippen molar-refractivity contribution in [1.29, 1.82) is 0 Å². The van der Waals surface area contributed by atoms with E-state index in [1.54, 1.807) is 49.7 Å². The van der Waals surface area contributed by atoms with E-state index in [-0.39, 0.29) is 17.9 Å². The Bertz CT molecular complexity index is 1160. The predicted octanol–water partition coefficient (Wildman–Crippen LogP) is 4.13. The highest BCUT2D eigenvalue weighted by atomic mass is 19.1. The molecule has 2 aromatic heterocycles. The maximum atomic E-state index is 13.9. The molecule has 4 aromatic rings. The fourth-order valence-corrected chi connectivity index (χ4v) is 2.98. The van der Waals surface area contributed by atoms with E-state index in [9.17, 15) is 9.18 Å². The number of hydrogen-bond donors (Lipinski definition) is 1. The van der Waals surface area contributed by atoms with Crippen LogP contribution in [0.2, 0.25) is 0 Å². The molecule has 2 aromatic carbocycles. The lowest BCUT2D eigenvalue weighted by Gasteiger charge is -2.07. The van der Waals surface area contributed by atoms with Crippen LogP contribution in [0.5, 0.6) is 5.75 Å². The molecule has 0 aliphatic heterocycles. The number of carbonyl (C=O) groups is 1. The zero-order valence-corrected chi connectivity index (χ0v) is 16.0. The van der Waals surface area contributed by atoms with E-state index in [2.05, 4.69) is 20.4 Å². The Morgan fingerprint density at radius 2 is 1.93 bits per heavy atom. The molecule has 0 bridgehead atoms. The third-order valence-corrected chi connectivity index (χ3v) is 4.46. The summed E-state index contributed by atoms with van der Waals surface area (Å²) in [5, 5.41) is 6.81. The van der Waals surface area contributed by atoms with Crippen molar-refractivity contribution in [2.75, 3.05) is 12.4 Å². The molecule has 0 saturated carbocycles. The van der Waals surface area contributed by atoms with Crippen molar-refractivity contribution in [3.63, 3.8) is 0 Å². The molecule has 2 heterocycles. The van der Waals surface area contributed by atoms with Gasteiger partial charge in [-0.25, -0.2) is 14.4 Å². The van der Waals surface area contributed by atoms with Crippen LogP contribution in [-0.2, 0) is 11.2 Å². The second kappa shape index (κ2) is 8.52. The SMILES string of the molecule is COc1ccc(-c2noc(NC(=O)Cc3ccccc3F)c2-c2ccncn2)cc1. The number of halogens is 1. The fraction of sp³-hybridized carbons (Fsp3) is 0.0909. The lowest BCUT2D eigenvalue weighted by Crippen LogP contribution is -2.15. The largest absolute Gasteiger partial charge is 0.497 e. The summed E-state index contributed by atoms with van der Waals surface area (Å²) in [6, 6.07) is 15.0. The number of ether oxygens (including phenoxy) is 1. The fourth-order valence-electron chi connectivity index (χ4n) is 2.98. The van der Waals surface area contributed by atoms with Crippen molar-refractivity contribution in [3.8, 4) is 28.3 Å². The number of benzene rings is 2. The number of methoxy groups -OCH3 is 1. The van der Waals surface area contributed by atoms with Gasteiger partial charge in [-0.15, -0.1) is 0 Å². The van der Waals surface area contributed by atoms with Gasteiger partial charge in [0.1, 0.15) is 23.6 Å². The number of hydrogen-bond acceptors (Lipinski definition) is 6. The summed E-state index contributed by atoms with van der Waals surface area (Å²) >= 11 is 0. The monoisotopic (exact) mass is 404 g/mol. The van der Waals surface area contributed by atoms with Gasteiger partial charge in [0, 0.05) is 11.8 Å². The number of amides is 1. The Morgan fingerprint density at radius 3 is 2.63 bits per heavy atom. The van der Waals surface area contributed by atoms with Crippen molar-refractivity contribution in [2.24, 2.45) is 0 Å². The van der Waals surface area contributed by atoms with Gasteiger partial charge in [0.15, 0.2) is 0 Å². The second-order valence-corrected chi connectivity index (χ2v) is 6.37. The highest BCUT2D eigenvalue weighted by Gasteiger charge is 2.22. The van der Waals surface area contributed by atoms with Gasteiger partial charge in [0.2, 0.25) is 11.8 Å². The molecule has 1 N–H and O–H groups in total. The Kier molecular flexibility index (Phi) is 5.47. The quantitative estimate of drug-likeness (QED) is 0.520. The summed E-state index contributed by atoms with van der Waals surface area (Å²) in [7, 11) is 1.58. The van der Waals surface area contributed by atoms with E-state index in [0.29, 0.717) is 22.7 Å². The van der Waals surface area contributed by atoms with Gasteiger partial charge in [-0.05, 0) is 42.0 Å². The summed E-state index contributed by atoms with van der Waals surface area (Å²) in [5.41, 5.74) is 2.57. The minimum atomic E-state index is -0.444. The Hall–Kier alpha value is -4.07. The van der Waals surface area contributed by atoms with Crippen LogP contribution in [0.1, 0.15) is 5.56 Å². The molecule has 8 heteroatoms. The third-order valence-electron chi connectivity index (χ3n) is 4.46. The molecule has 0 saturated heterocycles. The van der Waals surface area contributed by atoms with Crippen LogP contribution < -0.4 is 10.1 Å². The minimum absolute atomic E-state index is 0.126. The molecule has 0 fully saturated rings. The highest BCUT2D eigenvalue weighted by molar-refractivity contribution is 5.97. The van der Waals surface area contributed by atoms with E-state index >= 15 is 0 Å². The number of aromatic nitrogens is 3. The van der Waals surface area contributed by atoms with Crippen LogP contribution in [-0.4, -0.2) is 28.1 Å². The van der Waals surface area contributed by atoms with Crippen molar-refractivity contribution in [1.82, 2.24) is 15.1 Å². The first-order chi connectivity index (χ1) is 14.7. The van der Waals surface area contributed by atoms with E-state index < -0.39 is 11.7 Å². The van der Waals surface area contributed by atoms with E-state index in [1.807, 2.05) is 12.1 Å². The molecule has 4 rings (SSSR count). The van der Waals surface area contributed by atoms with Crippen LogP contribution in [0, 0.1) is 5.82 Å². The van der Waals surface area contributed by atoms with Crippen molar-refractivity contribution in [3.05, 3.63) is 78.5 Å². The predicted molar refractivity (Wildman–Crippen MR) is 108 cm³/mol. The molecule has 7 nitrogen and oxygen atoms in total. The number of nitrogens with one attached hydrogen (secondary N) is 1. The number of anilines is 1. The highest BCUT2D eigenvalue weighted by Crippen LogP contribution is 2.37. The van der Waals surface area contributed by atoms with Crippen molar-refractivity contribution < 1.29 is 18.4 Å². The molecule has 0 aliphatic carbocycles. The maximum Gasteiger partial charge on any atom is 0.241 e. The van der Waals surface area contributed by atoms with Crippen molar-refractivity contribution >= 4 is 11.8 Å². The first-order valence-electron chi connectivity index (χ1n) is 9.09. The van der Waals surface area contributed by atoms with Gasteiger partial charge in [-0.3, -0.25) is 10.1 Å². The van der Waals surface area contributed by atoms with Gasteiger partial charge in [-0.2, -0.15) is 0 Å². The standard InChI is InChI=1S/C22H17FN4O3/c1-29-16-8-6-14(7-9-16)21-20(18-10-11-24-13-25-18)22(30-27-21)26-19(28)12-15-4-2-3-5-17(15)23/h2-11,13H,12H2,1H3,(H,26,28). The summed E-state index contributed by atoms with van der Waals surface area (Å²) in [4.78, 5) is 20.7.